The Bertz CT molecular complexity index is 1000. The maximum absolute atomic E-state index is 12.4. The van der Waals surface area contributed by atoms with Gasteiger partial charge in [-0.05, 0) is 18.2 Å². The van der Waals surface area contributed by atoms with Gasteiger partial charge in [-0.3, -0.25) is 29.4 Å². The van der Waals surface area contributed by atoms with Crippen LogP contribution in [0.5, 0.6) is 11.5 Å². The summed E-state index contributed by atoms with van der Waals surface area (Å²) in [5.41, 5.74) is -0.000871. The summed E-state index contributed by atoms with van der Waals surface area (Å²) in [6.07, 6.45) is 0. The van der Waals surface area contributed by atoms with Crippen molar-refractivity contribution in [1.29, 1.82) is 0 Å². The highest BCUT2D eigenvalue weighted by Gasteiger charge is 2.37. The number of nitro benzene ring substituents is 1. The van der Waals surface area contributed by atoms with E-state index in [1.807, 2.05) is 0 Å². The lowest BCUT2D eigenvalue weighted by Crippen LogP contribution is -2.37. The number of hydrogen-bond donors (Lipinski definition) is 1. The van der Waals surface area contributed by atoms with E-state index in [2.05, 4.69) is 5.32 Å². The van der Waals surface area contributed by atoms with Gasteiger partial charge in [0.1, 0.15) is 6.54 Å². The predicted octanol–water partition coefficient (Wildman–Crippen LogP) is 1.85. The van der Waals surface area contributed by atoms with Gasteiger partial charge in [0, 0.05) is 23.9 Å². The Labute approximate surface area is 158 Å². The van der Waals surface area contributed by atoms with Crippen LogP contribution >= 0.6 is 0 Å². The van der Waals surface area contributed by atoms with Crippen molar-refractivity contribution < 1.29 is 28.8 Å². The number of non-ortho nitro benzene ring substituents is 1. The summed E-state index contributed by atoms with van der Waals surface area (Å²) in [7, 11) is 2.92. The number of nitro groups is 1. The topological polar surface area (TPSA) is 128 Å². The number of nitrogens with one attached hydrogen (secondary N) is 1. The molecule has 28 heavy (non-hydrogen) atoms. The maximum Gasteiger partial charge on any atom is 0.270 e. The van der Waals surface area contributed by atoms with Crippen molar-refractivity contribution in [3.05, 3.63) is 57.6 Å². The van der Waals surface area contributed by atoms with Crippen molar-refractivity contribution in [3.8, 4) is 11.5 Å². The molecule has 1 aliphatic rings. The molecule has 0 radical (unpaired) electrons. The largest absolute Gasteiger partial charge is 0.493 e. The maximum atomic E-state index is 12.4. The number of amides is 3. The molecule has 144 valence electrons. The first-order valence-corrected chi connectivity index (χ1v) is 8.02. The molecule has 1 aliphatic heterocycles. The molecular formula is C18H15N3O7. The van der Waals surface area contributed by atoms with Crippen molar-refractivity contribution in [2.45, 2.75) is 0 Å². The van der Waals surface area contributed by atoms with Crippen LogP contribution in [0, 0.1) is 10.1 Å². The number of nitrogens with zero attached hydrogens (tertiary/aromatic N) is 2. The molecular weight excluding hydrogens is 370 g/mol. The summed E-state index contributed by atoms with van der Waals surface area (Å²) < 4.78 is 10.3. The molecule has 10 heteroatoms. The van der Waals surface area contributed by atoms with Gasteiger partial charge in [0.25, 0.3) is 17.5 Å². The average molecular weight is 385 g/mol. The summed E-state index contributed by atoms with van der Waals surface area (Å²) in [5, 5.41) is 13.4. The first-order valence-electron chi connectivity index (χ1n) is 8.02. The SMILES string of the molecule is COc1ccc(NC(=O)CN2C(=O)c3ccc([N+](=O)[O-])cc3C2=O)cc1OC. The molecule has 2 aromatic rings. The summed E-state index contributed by atoms with van der Waals surface area (Å²) in [6, 6.07) is 8.07. The molecule has 3 amide bonds. The van der Waals surface area contributed by atoms with Crippen LogP contribution in [0.2, 0.25) is 0 Å². The molecule has 0 saturated heterocycles. The molecule has 0 spiro atoms. The monoisotopic (exact) mass is 385 g/mol. The number of methoxy groups -OCH3 is 2. The summed E-state index contributed by atoms with van der Waals surface area (Å²) in [4.78, 5) is 48.0. The van der Waals surface area contributed by atoms with Crippen molar-refractivity contribution >= 4 is 29.1 Å². The number of anilines is 1. The van der Waals surface area contributed by atoms with Crippen molar-refractivity contribution in [2.24, 2.45) is 0 Å². The van der Waals surface area contributed by atoms with E-state index in [-0.39, 0.29) is 16.8 Å². The van der Waals surface area contributed by atoms with Crippen LogP contribution in [0.15, 0.2) is 36.4 Å². The highest BCUT2D eigenvalue weighted by atomic mass is 16.6. The molecule has 0 saturated carbocycles. The zero-order valence-corrected chi connectivity index (χ0v) is 14.9. The first kappa shape index (κ1) is 18.8. The third-order valence-corrected chi connectivity index (χ3v) is 4.13. The third kappa shape index (κ3) is 3.34. The van der Waals surface area contributed by atoms with E-state index in [0.29, 0.717) is 17.2 Å². The van der Waals surface area contributed by atoms with Crippen LogP contribution in [0.1, 0.15) is 20.7 Å². The minimum absolute atomic E-state index is 0.0227. The predicted molar refractivity (Wildman–Crippen MR) is 96.6 cm³/mol. The van der Waals surface area contributed by atoms with Crippen LogP contribution in [-0.2, 0) is 4.79 Å². The quantitative estimate of drug-likeness (QED) is 0.456. The standard InChI is InChI=1S/C18H15N3O7/c1-27-14-6-3-10(7-15(14)28-2)19-16(22)9-20-17(23)12-5-4-11(21(25)26)8-13(12)18(20)24/h3-8H,9H2,1-2H3,(H,19,22). The lowest BCUT2D eigenvalue weighted by molar-refractivity contribution is -0.384. The Morgan fingerprint density at radius 2 is 1.71 bits per heavy atom. The highest BCUT2D eigenvalue weighted by molar-refractivity contribution is 6.23. The van der Waals surface area contributed by atoms with E-state index in [1.165, 1.54) is 26.4 Å². The molecule has 0 atom stereocenters. The van der Waals surface area contributed by atoms with Gasteiger partial charge in [0.15, 0.2) is 11.5 Å². The van der Waals surface area contributed by atoms with Gasteiger partial charge in [-0.15, -0.1) is 0 Å². The number of carbonyl (C=O) groups excluding carboxylic acids is 3. The molecule has 3 rings (SSSR count). The number of imide groups is 1. The number of benzene rings is 2. The third-order valence-electron chi connectivity index (χ3n) is 4.13. The van der Waals surface area contributed by atoms with E-state index >= 15 is 0 Å². The van der Waals surface area contributed by atoms with Crippen LogP contribution in [0.4, 0.5) is 11.4 Å². The van der Waals surface area contributed by atoms with Crippen LogP contribution in [0.3, 0.4) is 0 Å². The Morgan fingerprint density at radius 3 is 2.36 bits per heavy atom. The minimum Gasteiger partial charge on any atom is -0.493 e. The molecule has 0 aromatic heterocycles. The number of carbonyl (C=O) groups is 3. The zero-order valence-electron chi connectivity index (χ0n) is 14.9. The van der Waals surface area contributed by atoms with Crippen molar-refractivity contribution in [1.82, 2.24) is 4.90 Å². The van der Waals surface area contributed by atoms with Gasteiger partial charge in [-0.25, -0.2) is 0 Å². The smallest absolute Gasteiger partial charge is 0.270 e. The molecule has 1 heterocycles. The normalized spacial score (nSPS) is 12.6. The van der Waals surface area contributed by atoms with Gasteiger partial charge in [-0.2, -0.15) is 0 Å². The van der Waals surface area contributed by atoms with Crippen molar-refractivity contribution in [3.63, 3.8) is 0 Å². The van der Waals surface area contributed by atoms with Gasteiger partial charge in [-0.1, -0.05) is 0 Å². The molecule has 0 aliphatic carbocycles. The highest BCUT2D eigenvalue weighted by Crippen LogP contribution is 2.30. The average Bonchev–Trinajstić information content (AvgIpc) is 2.92. The van der Waals surface area contributed by atoms with Gasteiger partial charge in [0.2, 0.25) is 5.91 Å². The second-order valence-corrected chi connectivity index (χ2v) is 5.80. The number of fused-ring (bicyclic) bond motifs is 1. The zero-order chi connectivity index (χ0) is 20.4. The molecule has 2 aromatic carbocycles. The van der Waals surface area contributed by atoms with Gasteiger partial charge < -0.3 is 14.8 Å². The molecule has 0 unspecified atom stereocenters. The van der Waals surface area contributed by atoms with Crippen LogP contribution in [-0.4, -0.2) is 48.3 Å². The first-order chi connectivity index (χ1) is 13.3. The Hall–Kier alpha value is -3.95. The Balaban J connectivity index is 1.75. The summed E-state index contributed by atoms with van der Waals surface area (Å²) in [5.74, 6) is -1.18. The molecule has 0 fully saturated rings. The fraction of sp³-hybridized carbons (Fsp3) is 0.167. The fourth-order valence-corrected chi connectivity index (χ4v) is 2.79. The minimum atomic E-state index is -0.758. The molecule has 10 nitrogen and oxygen atoms in total. The molecule has 1 N–H and O–H groups in total. The summed E-state index contributed by atoms with van der Waals surface area (Å²) in [6.45, 7) is -0.533. The van der Waals surface area contributed by atoms with E-state index in [1.54, 1.807) is 12.1 Å². The van der Waals surface area contributed by atoms with E-state index in [4.69, 9.17) is 9.47 Å². The van der Waals surface area contributed by atoms with Crippen LogP contribution in [0.25, 0.3) is 0 Å². The Morgan fingerprint density at radius 1 is 1.04 bits per heavy atom. The van der Waals surface area contributed by atoms with E-state index in [0.717, 1.165) is 17.0 Å². The number of ether oxygens (including phenoxy) is 2. The lowest BCUT2D eigenvalue weighted by atomic mass is 10.1. The Kier molecular flexibility index (Phi) is 4.94. The van der Waals surface area contributed by atoms with Crippen molar-refractivity contribution in [2.75, 3.05) is 26.1 Å². The van der Waals surface area contributed by atoms with Gasteiger partial charge in [0.05, 0.1) is 30.3 Å². The second-order valence-electron chi connectivity index (χ2n) is 5.80. The van der Waals surface area contributed by atoms with Gasteiger partial charge >= 0.3 is 0 Å². The lowest BCUT2D eigenvalue weighted by Gasteiger charge is -2.14. The van der Waals surface area contributed by atoms with E-state index in [9.17, 15) is 24.5 Å². The molecule has 0 bridgehead atoms. The second kappa shape index (κ2) is 7.35. The number of hydrogen-bond acceptors (Lipinski definition) is 7. The van der Waals surface area contributed by atoms with E-state index < -0.39 is 29.2 Å². The fourth-order valence-electron chi connectivity index (χ4n) is 2.79. The summed E-state index contributed by atoms with van der Waals surface area (Å²) >= 11 is 0. The van der Waals surface area contributed by atoms with Crippen LogP contribution < -0.4 is 14.8 Å². The number of rotatable bonds is 6.